The van der Waals surface area contributed by atoms with Gasteiger partial charge in [-0.2, -0.15) is 0 Å². The van der Waals surface area contributed by atoms with Crippen LogP contribution in [0.4, 0.5) is 0 Å². The second kappa shape index (κ2) is 18.0. The predicted molar refractivity (Wildman–Crippen MR) is 100 cm³/mol. The molecule has 2 heteroatoms. The van der Waals surface area contributed by atoms with E-state index in [0.29, 0.717) is 0 Å². The number of ether oxygens (including phenoxy) is 1. The van der Waals surface area contributed by atoms with Crippen molar-refractivity contribution in [3.63, 3.8) is 0 Å². The molecule has 0 heterocycles. The molecule has 0 amide bonds. The summed E-state index contributed by atoms with van der Waals surface area (Å²) in [4.78, 5) is 10.8. The van der Waals surface area contributed by atoms with Crippen molar-refractivity contribution in [2.45, 2.75) is 45.4 Å². The Morgan fingerprint density at radius 3 is 1.35 bits per heavy atom. The Labute approximate surface area is 141 Å². The number of esters is 1. The standard InChI is InChI=1S/C21H30O2/c1-3-4-5-6-7-8-9-10-11-12-13-14-15-16-17-18-19-20-21(22)23-2/h4-5,7-8,10-11,13-14,16-17,19-20H,3,6,9,12,15,18H2,1-2H3. The van der Waals surface area contributed by atoms with Gasteiger partial charge >= 0.3 is 5.97 Å². The zero-order valence-corrected chi connectivity index (χ0v) is 14.5. The van der Waals surface area contributed by atoms with Gasteiger partial charge in [0, 0.05) is 6.08 Å². The minimum absolute atomic E-state index is 0.308. The third-order valence-electron chi connectivity index (χ3n) is 2.88. The zero-order valence-electron chi connectivity index (χ0n) is 14.5. The molecule has 0 aliphatic heterocycles. The van der Waals surface area contributed by atoms with Crippen molar-refractivity contribution in [2.75, 3.05) is 7.11 Å². The summed E-state index contributed by atoms with van der Waals surface area (Å²) >= 11 is 0. The summed E-state index contributed by atoms with van der Waals surface area (Å²) in [7, 11) is 1.38. The molecular weight excluding hydrogens is 284 g/mol. The molecule has 23 heavy (non-hydrogen) atoms. The van der Waals surface area contributed by atoms with Crippen molar-refractivity contribution < 1.29 is 9.53 Å². The number of methoxy groups -OCH3 is 1. The highest BCUT2D eigenvalue weighted by molar-refractivity contribution is 5.81. The summed E-state index contributed by atoms with van der Waals surface area (Å²) in [5.41, 5.74) is 0. The Kier molecular flexibility index (Phi) is 16.3. The van der Waals surface area contributed by atoms with Gasteiger partial charge in [-0.05, 0) is 38.5 Å². The molecule has 0 atom stereocenters. The maximum atomic E-state index is 10.8. The molecule has 0 aromatic carbocycles. The van der Waals surface area contributed by atoms with Crippen LogP contribution in [-0.2, 0) is 9.53 Å². The number of hydrogen-bond acceptors (Lipinski definition) is 2. The fraction of sp³-hybridized carbons (Fsp3) is 0.381. The Bertz CT molecular complexity index is 448. The molecule has 0 unspecified atom stereocenters. The van der Waals surface area contributed by atoms with Gasteiger partial charge in [-0.1, -0.05) is 73.8 Å². The lowest BCUT2D eigenvalue weighted by atomic mass is 10.2. The lowest BCUT2D eigenvalue weighted by molar-refractivity contribution is -0.134. The molecule has 0 radical (unpaired) electrons. The van der Waals surface area contributed by atoms with Crippen molar-refractivity contribution in [2.24, 2.45) is 0 Å². The van der Waals surface area contributed by atoms with Crippen LogP contribution in [-0.4, -0.2) is 13.1 Å². The first-order valence-electron chi connectivity index (χ1n) is 8.30. The SMILES string of the molecule is CCC=CCC=CCC=CCC=CCC=CCC=CC(=O)OC. The topological polar surface area (TPSA) is 26.3 Å². The van der Waals surface area contributed by atoms with Crippen LogP contribution in [0.2, 0.25) is 0 Å². The van der Waals surface area contributed by atoms with E-state index >= 15 is 0 Å². The van der Waals surface area contributed by atoms with E-state index in [2.05, 4.69) is 66.3 Å². The molecule has 2 nitrogen and oxygen atoms in total. The maximum Gasteiger partial charge on any atom is 0.330 e. The lowest BCUT2D eigenvalue weighted by Gasteiger charge is -1.87. The van der Waals surface area contributed by atoms with Crippen LogP contribution in [0, 0.1) is 0 Å². The average Bonchev–Trinajstić information content (AvgIpc) is 2.57. The highest BCUT2D eigenvalue weighted by Gasteiger charge is 1.86. The van der Waals surface area contributed by atoms with Crippen LogP contribution in [0.25, 0.3) is 0 Å². The minimum atomic E-state index is -0.308. The van der Waals surface area contributed by atoms with Crippen LogP contribution in [0.1, 0.15) is 45.4 Å². The molecule has 0 spiro atoms. The van der Waals surface area contributed by atoms with Crippen molar-refractivity contribution in [3.05, 3.63) is 72.9 Å². The normalized spacial score (nSPS) is 13.0. The van der Waals surface area contributed by atoms with E-state index in [0.717, 1.165) is 38.5 Å². The molecule has 0 bridgehead atoms. The Balaban J connectivity index is 3.56. The number of carbonyl (C=O) groups is 1. The molecule has 0 saturated carbocycles. The molecule has 0 aromatic rings. The first-order chi connectivity index (χ1) is 11.3. The Hall–Kier alpha value is -2.09. The van der Waals surface area contributed by atoms with Gasteiger partial charge in [-0.25, -0.2) is 4.79 Å². The Morgan fingerprint density at radius 2 is 1.00 bits per heavy atom. The van der Waals surface area contributed by atoms with Crippen molar-refractivity contribution in [3.8, 4) is 0 Å². The van der Waals surface area contributed by atoms with Crippen LogP contribution in [0.15, 0.2) is 72.9 Å². The first kappa shape index (κ1) is 20.9. The average molecular weight is 314 g/mol. The summed E-state index contributed by atoms with van der Waals surface area (Å²) in [5, 5.41) is 0. The van der Waals surface area contributed by atoms with E-state index in [1.807, 2.05) is 6.08 Å². The van der Waals surface area contributed by atoms with Gasteiger partial charge in [-0.15, -0.1) is 0 Å². The molecule has 0 fully saturated rings. The number of rotatable bonds is 12. The molecule has 0 rings (SSSR count). The minimum Gasteiger partial charge on any atom is -0.466 e. The second-order valence-electron chi connectivity index (χ2n) is 4.87. The van der Waals surface area contributed by atoms with Crippen molar-refractivity contribution in [1.29, 1.82) is 0 Å². The van der Waals surface area contributed by atoms with Gasteiger partial charge in [0.1, 0.15) is 0 Å². The van der Waals surface area contributed by atoms with Crippen LogP contribution in [0.5, 0.6) is 0 Å². The largest absolute Gasteiger partial charge is 0.466 e. The van der Waals surface area contributed by atoms with Crippen molar-refractivity contribution in [1.82, 2.24) is 0 Å². The zero-order chi connectivity index (χ0) is 17.0. The summed E-state index contributed by atoms with van der Waals surface area (Å²) in [5.74, 6) is -0.308. The van der Waals surface area contributed by atoms with Crippen molar-refractivity contribution >= 4 is 5.97 Å². The van der Waals surface area contributed by atoms with Crippen LogP contribution in [0.3, 0.4) is 0 Å². The number of hydrogen-bond donors (Lipinski definition) is 0. The van der Waals surface area contributed by atoms with Gasteiger partial charge in [0.25, 0.3) is 0 Å². The summed E-state index contributed by atoms with van der Waals surface area (Å²) in [6, 6.07) is 0. The fourth-order valence-electron chi connectivity index (χ4n) is 1.66. The van der Waals surface area contributed by atoms with Gasteiger partial charge in [0.2, 0.25) is 0 Å². The number of carbonyl (C=O) groups excluding carboxylic acids is 1. The van der Waals surface area contributed by atoms with E-state index in [1.54, 1.807) is 6.08 Å². The summed E-state index contributed by atoms with van der Waals surface area (Å²) < 4.78 is 4.50. The molecule has 0 aliphatic carbocycles. The third-order valence-corrected chi connectivity index (χ3v) is 2.88. The van der Waals surface area contributed by atoms with Gasteiger partial charge in [-0.3, -0.25) is 0 Å². The highest BCUT2D eigenvalue weighted by Crippen LogP contribution is 1.96. The van der Waals surface area contributed by atoms with Crippen LogP contribution >= 0.6 is 0 Å². The molecule has 0 aromatic heterocycles. The van der Waals surface area contributed by atoms with Crippen LogP contribution < -0.4 is 0 Å². The number of allylic oxidation sites excluding steroid dienone is 11. The second-order valence-corrected chi connectivity index (χ2v) is 4.87. The fourth-order valence-corrected chi connectivity index (χ4v) is 1.66. The molecule has 126 valence electrons. The monoisotopic (exact) mass is 314 g/mol. The van der Waals surface area contributed by atoms with E-state index < -0.39 is 0 Å². The quantitative estimate of drug-likeness (QED) is 0.256. The van der Waals surface area contributed by atoms with E-state index in [-0.39, 0.29) is 5.97 Å². The van der Waals surface area contributed by atoms with E-state index in [1.165, 1.54) is 13.2 Å². The van der Waals surface area contributed by atoms with Gasteiger partial charge in [0.05, 0.1) is 7.11 Å². The molecular formula is C21H30O2. The predicted octanol–water partition coefficient (Wildman–Crippen LogP) is 5.86. The summed E-state index contributed by atoms with van der Waals surface area (Å²) in [6.07, 6.45) is 30.6. The first-order valence-corrected chi connectivity index (χ1v) is 8.30. The maximum absolute atomic E-state index is 10.8. The third kappa shape index (κ3) is 17.9. The molecule has 0 aliphatic rings. The van der Waals surface area contributed by atoms with E-state index in [9.17, 15) is 4.79 Å². The smallest absolute Gasteiger partial charge is 0.330 e. The molecule has 0 N–H and O–H groups in total. The van der Waals surface area contributed by atoms with Gasteiger partial charge < -0.3 is 4.74 Å². The Morgan fingerprint density at radius 1 is 0.652 bits per heavy atom. The highest BCUT2D eigenvalue weighted by atomic mass is 16.5. The van der Waals surface area contributed by atoms with E-state index in [4.69, 9.17) is 0 Å². The summed E-state index contributed by atoms with van der Waals surface area (Å²) in [6.45, 7) is 2.15. The molecule has 0 saturated heterocycles. The van der Waals surface area contributed by atoms with Gasteiger partial charge in [0.15, 0.2) is 0 Å². The lowest BCUT2D eigenvalue weighted by Crippen LogP contribution is -1.92.